The molecule has 1 aromatic carbocycles. The van der Waals surface area contributed by atoms with Crippen molar-refractivity contribution in [2.45, 2.75) is 20.3 Å². The number of nitrogens with one attached hydrogen (secondary N) is 1. The van der Waals surface area contributed by atoms with Crippen molar-refractivity contribution in [3.63, 3.8) is 0 Å². The van der Waals surface area contributed by atoms with Crippen molar-refractivity contribution in [3.8, 4) is 0 Å². The molecule has 0 aliphatic rings. The lowest BCUT2D eigenvalue weighted by Crippen LogP contribution is -2.30. The van der Waals surface area contributed by atoms with Crippen LogP contribution in [-0.2, 0) is 11.2 Å². The zero-order valence-electron chi connectivity index (χ0n) is 14.4. The Hall–Kier alpha value is -2.60. The number of nitrogens with two attached hydrogens (primary N) is 1. The van der Waals surface area contributed by atoms with Crippen molar-refractivity contribution in [2.75, 3.05) is 24.1 Å². The fraction of sp³-hybridized carbons (Fsp3) is 0.278. The molecule has 0 bridgehead atoms. The standard InChI is InChI=1S/C18H22N4O2.ClH/c1-3-22(4-2)18(24)13-6-5-7-16(10-13)21-17(23)11-15-9-8-14(19)12-20-15;/h5-10,12H,3-4,11,19H2,1-2H3,(H,21,23);1H. The van der Waals surface area contributed by atoms with E-state index in [1.54, 1.807) is 41.3 Å². The topological polar surface area (TPSA) is 88.3 Å². The Morgan fingerprint density at radius 2 is 1.88 bits per heavy atom. The van der Waals surface area contributed by atoms with Crippen LogP contribution in [0.15, 0.2) is 42.6 Å². The first kappa shape index (κ1) is 20.4. The van der Waals surface area contributed by atoms with Gasteiger partial charge in [-0.15, -0.1) is 12.4 Å². The molecule has 2 rings (SSSR count). The van der Waals surface area contributed by atoms with E-state index in [4.69, 9.17) is 5.73 Å². The van der Waals surface area contributed by atoms with E-state index in [0.29, 0.717) is 35.7 Å². The molecule has 2 amide bonds. The highest BCUT2D eigenvalue weighted by atomic mass is 35.5. The third-order valence-electron chi connectivity index (χ3n) is 3.63. The lowest BCUT2D eigenvalue weighted by Gasteiger charge is -2.19. The van der Waals surface area contributed by atoms with Gasteiger partial charge < -0.3 is 16.0 Å². The van der Waals surface area contributed by atoms with Crippen molar-refractivity contribution in [3.05, 3.63) is 53.9 Å². The van der Waals surface area contributed by atoms with E-state index in [9.17, 15) is 9.59 Å². The largest absolute Gasteiger partial charge is 0.397 e. The van der Waals surface area contributed by atoms with Gasteiger partial charge in [0.25, 0.3) is 5.91 Å². The lowest BCUT2D eigenvalue weighted by atomic mass is 10.1. The zero-order chi connectivity index (χ0) is 17.5. The molecule has 0 atom stereocenters. The van der Waals surface area contributed by atoms with Gasteiger partial charge in [-0.05, 0) is 44.2 Å². The van der Waals surface area contributed by atoms with E-state index in [1.807, 2.05) is 13.8 Å². The van der Waals surface area contributed by atoms with Gasteiger partial charge in [0.2, 0.25) is 5.91 Å². The summed E-state index contributed by atoms with van der Waals surface area (Å²) in [5.74, 6) is -0.240. The van der Waals surface area contributed by atoms with Crippen LogP contribution in [0.5, 0.6) is 0 Å². The maximum Gasteiger partial charge on any atom is 0.253 e. The van der Waals surface area contributed by atoms with Gasteiger partial charge in [0, 0.05) is 30.0 Å². The summed E-state index contributed by atoms with van der Waals surface area (Å²) in [5, 5.41) is 2.79. The lowest BCUT2D eigenvalue weighted by molar-refractivity contribution is -0.115. The van der Waals surface area contributed by atoms with Crippen LogP contribution in [0, 0.1) is 0 Å². The predicted molar refractivity (Wildman–Crippen MR) is 102 cm³/mol. The molecule has 0 saturated carbocycles. The number of halogens is 1. The molecular weight excluding hydrogens is 340 g/mol. The number of benzene rings is 1. The van der Waals surface area contributed by atoms with Gasteiger partial charge in [0.1, 0.15) is 0 Å². The molecule has 134 valence electrons. The van der Waals surface area contributed by atoms with Gasteiger partial charge in [-0.3, -0.25) is 14.6 Å². The summed E-state index contributed by atoms with van der Waals surface area (Å²) in [7, 11) is 0. The number of nitrogen functional groups attached to an aromatic ring is 1. The molecule has 0 radical (unpaired) electrons. The van der Waals surface area contributed by atoms with Crippen LogP contribution in [0.3, 0.4) is 0 Å². The van der Waals surface area contributed by atoms with Crippen molar-refractivity contribution < 1.29 is 9.59 Å². The molecule has 2 aromatic rings. The van der Waals surface area contributed by atoms with Gasteiger partial charge in [-0.25, -0.2) is 0 Å². The molecule has 0 fully saturated rings. The second kappa shape index (κ2) is 9.64. The number of anilines is 2. The van der Waals surface area contributed by atoms with E-state index in [0.717, 1.165) is 0 Å². The quantitative estimate of drug-likeness (QED) is 0.827. The van der Waals surface area contributed by atoms with Gasteiger partial charge in [0.05, 0.1) is 18.3 Å². The van der Waals surface area contributed by atoms with Crippen LogP contribution in [0.4, 0.5) is 11.4 Å². The second-order valence-electron chi connectivity index (χ2n) is 5.37. The molecule has 0 unspecified atom stereocenters. The third kappa shape index (κ3) is 5.76. The zero-order valence-corrected chi connectivity index (χ0v) is 15.2. The van der Waals surface area contributed by atoms with Crippen LogP contribution in [-0.4, -0.2) is 34.8 Å². The van der Waals surface area contributed by atoms with Gasteiger partial charge in [-0.2, -0.15) is 0 Å². The average Bonchev–Trinajstić information content (AvgIpc) is 2.58. The number of rotatable bonds is 6. The third-order valence-corrected chi connectivity index (χ3v) is 3.63. The summed E-state index contributed by atoms with van der Waals surface area (Å²) in [6, 6.07) is 10.4. The molecule has 3 N–H and O–H groups in total. The number of aromatic nitrogens is 1. The molecule has 1 heterocycles. The summed E-state index contributed by atoms with van der Waals surface area (Å²) < 4.78 is 0. The van der Waals surface area contributed by atoms with Crippen LogP contribution in [0.25, 0.3) is 0 Å². The number of hydrogen-bond donors (Lipinski definition) is 2. The Bertz CT molecular complexity index is 715. The SMILES string of the molecule is CCN(CC)C(=O)c1cccc(NC(=O)Cc2ccc(N)cn2)c1.Cl. The Morgan fingerprint density at radius 1 is 1.16 bits per heavy atom. The van der Waals surface area contributed by atoms with E-state index < -0.39 is 0 Å². The summed E-state index contributed by atoms with van der Waals surface area (Å²) >= 11 is 0. The van der Waals surface area contributed by atoms with Crippen LogP contribution in [0.2, 0.25) is 0 Å². The fourth-order valence-electron chi connectivity index (χ4n) is 2.33. The molecular formula is C18H23ClN4O2. The summed E-state index contributed by atoms with van der Waals surface area (Å²) in [4.78, 5) is 30.3. The van der Waals surface area contributed by atoms with Crippen LogP contribution >= 0.6 is 12.4 Å². The molecule has 0 spiro atoms. The highest BCUT2D eigenvalue weighted by molar-refractivity contribution is 5.97. The Morgan fingerprint density at radius 3 is 2.48 bits per heavy atom. The normalized spacial score (nSPS) is 9.84. The Kier molecular flexibility index (Phi) is 7.88. The highest BCUT2D eigenvalue weighted by Crippen LogP contribution is 2.13. The minimum atomic E-state index is -0.195. The molecule has 0 saturated heterocycles. The molecule has 25 heavy (non-hydrogen) atoms. The van der Waals surface area contributed by atoms with Crippen molar-refractivity contribution in [1.82, 2.24) is 9.88 Å². The Balaban J connectivity index is 0.00000312. The predicted octanol–water partition coefficient (Wildman–Crippen LogP) is 2.75. The summed E-state index contributed by atoms with van der Waals surface area (Å²) in [6.45, 7) is 5.17. The van der Waals surface area contributed by atoms with E-state index in [-0.39, 0.29) is 30.6 Å². The molecule has 1 aromatic heterocycles. The molecule has 0 aliphatic heterocycles. The number of carbonyl (C=O) groups is 2. The first-order valence-electron chi connectivity index (χ1n) is 7.93. The van der Waals surface area contributed by atoms with Crippen LogP contribution < -0.4 is 11.1 Å². The number of carbonyl (C=O) groups excluding carboxylic acids is 2. The van der Waals surface area contributed by atoms with Gasteiger partial charge in [0.15, 0.2) is 0 Å². The maximum absolute atomic E-state index is 12.4. The van der Waals surface area contributed by atoms with Crippen molar-refractivity contribution in [1.29, 1.82) is 0 Å². The van der Waals surface area contributed by atoms with Crippen molar-refractivity contribution >= 4 is 35.6 Å². The van der Waals surface area contributed by atoms with Gasteiger partial charge >= 0.3 is 0 Å². The Labute approximate surface area is 153 Å². The smallest absolute Gasteiger partial charge is 0.253 e. The minimum absolute atomic E-state index is 0. The maximum atomic E-state index is 12.4. The van der Waals surface area contributed by atoms with E-state index >= 15 is 0 Å². The number of pyridine rings is 1. The summed E-state index contributed by atoms with van der Waals surface area (Å²) in [5.41, 5.74) is 7.92. The molecule has 6 nitrogen and oxygen atoms in total. The van der Waals surface area contributed by atoms with Crippen molar-refractivity contribution in [2.24, 2.45) is 0 Å². The minimum Gasteiger partial charge on any atom is -0.397 e. The monoisotopic (exact) mass is 362 g/mol. The summed E-state index contributed by atoms with van der Waals surface area (Å²) in [6.07, 6.45) is 1.67. The number of hydrogen-bond acceptors (Lipinski definition) is 4. The number of amides is 2. The number of nitrogens with zero attached hydrogens (tertiary/aromatic N) is 2. The molecule has 0 aliphatic carbocycles. The van der Waals surface area contributed by atoms with Crippen LogP contribution in [0.1, 0.15) is 29.9 Å². The van der Waals surface area contributed by atoms with E-state index in [1.165, 1.54) is 6.20 Å². The van der Waals surface area contributed by atoms with Gasteiger partial charge in [-0.1, -0.05) is 6.07 Å². The first-order chi connectivity index (χ1) is 11.5. The highest BCUT2D eigenvalue weighted by Gasteiger charge is 2.13. The first-order valence-corrected chi connectivity index (χ1v) is 7.93. The van der Waals surface area contributed by atoms with E-state index in [2.05, 4.69) is 10.3 Å². The molecule has 7 heteroatoms. The second-order valence-corrected chi connectivity index (χ2v) is 5.37. The fourth-order valence-corrected chi connectivity index (χ4v) is 2.33. The average molecular weight is 363 g/mol.